The minimum absolute atomic E-state index is 0.00646. The van der Waals surface area contributed by atoms with Crippen LogP contribution in [0.3, 0.4) is 0 Å². The number of carbonyl (C=O) groups is 1. The van der Waals surface area contributed by atoms with Gasteiger partial charge < -0.3 is 5.11 Å². The summed E-state index contributed by atoms with van der Waals surface area (Å²) in [6.07, 6.45) is 2.95. The smallest absolute Gasteiger partial charge is 0.381 e. The summed E-state index contributed by atoms with van der Waals surface area (Å²) in [7, 11) is -1.28. The van der Waals surface area contributed by atoms with Gasteiger partial charge >= 0.3 is 5.97 Å². The summed E-state index contributed by atoms with van der Waals surface area (Å²) in [6.45, 7) is 6.72. The summed E-state index contributed by atoms with van der Waals surface area (Å²) in [4.78, 5) is 10.3. The Balaban J connectivity index is 1.97. The molecule has 3 saturated carbocycles. The fourth-order valence-corrected chi connectivity index (χ4v) is 3.20. The van der Waals surface area contributed by atoms with Crippen LogP contribution in [0.2, 0.25) is 19.6 Å². The lowest BCUT2D eigenvalue weighted by atomic mass is 9.36. The molecule has 1 N–H and O–H groups in total. The number of carboxylic acid groups (broad SMARTS) is 1. The van der Waals surface area contributed by atoms with E-state index in [1.165, 1.54) is 0 Å². The summed E-state index contributed by atoms with van der Waals surface area (Å²) in [5.74, 6) is 7.51. The van der Waals surface area contributed by atoms with Gasteiger partial charge in [0.1, 0.15) is 8.07 Å². The molecule has 0 aromatic heterocycles. The van der Waals surface area contributed by atoms with E-state index >= 15 is 0 Å². The fraction of sp³-hybridized carbons (Fsp3) is 0.615. The first kappa shape index (κ1) is 11.3. The van der Waals surface area contributed by atoms with Crippen LogP contribution in [-0.2, 0) is 4.79 Å². The highest BCUT2D eigenvalue weighted by atomic mass is 28.3. The molecule has 3 aliphatic carbocycles. The molecule has 0 spiro atoms. The van der Waals surface area contributed by atoms with E-state index < -0.39 is 14.0 Å². The number of hydrogen-bond acceptors (Lipinski definition) is 1. The molecule has 0 aliphatic heterocycles. The zero-order valence-corrected chi connectivity index (χ0v) is 11.0. The minimum atomic E-state index is -1.28. The largest absolute Gasteiger partial charge is 0.472 e. The monoisotopic (exact) mass is 232 g/mol. The molecule has 0 radical (unpaired) electrons. The van der Waals surface area contributed by atoms with Crippen LogP contribution in [0.1, 0.15) is 19.3 Å². The predicted molar refractivity (Wildman–Crippen MR) is 65.3 cm³/mol. The van der Waals surface area contributed by atoms with Gasteiger partial charge in [-0.2, -0.15) is 0 Å². The van der Waals surface area contributed by atoms with Gasteiger partial charge in [-0.25, -0.2) is 4.79 Å². The average Bonchev–Trinajstić information content (AvgIpc) is 1.95. The molecule has 0 aromatic carbocycles. The molecular formula is C13H16O2Si. The molecule has 0 aromatic rings. The minimum Gasteiger partial charge on any atom is -0.472 e. The first-order valence-electron chi connectivity index (χ1n) is 5.55. The van der Waals surface area contributed by atoms with Crippen molar-refractivity contribution in [3.05, 3.63) is 0 Å². The second kappa shape index (κ2) is 3.15. The van der Waals surface area contributed by atoms with Crippen LogP contribution in [0.5, 0.6) is 0 Å². The molecule has 3 heteroatoms. The Morgan fingerprint density at radius 2 is 1.62 bits per heavy atom. The second-order valence-corrected chi connectivity index (χ2v) is 10.9. The number of aliphatic carboxylic acids is 1. The van der Waals surface area contributed by atoms with E-state index in [2.05, 4.69) is 42.9 Å². The normalized spacial score (nSPS) is 34.4. The van der Waals surface area contributed by atoms with E-state index in [1.54, 1.807) is 0 Å². The van der Waals surface area contributed by atoms with Crippen LogP contribution in [0, 0.1) is 34.1 Å². The first-order valence-corrected chi connectivity index (χ1v) is 9.05. The molecule has 0 unspecified atom stereocenters. The van der Waals surface area contributed by atoms with E-state index in [1.807, 2.05) is 0 Å². The summed E-state index contributed by atoms with van der Waals surface area (Å²) < 4.78 is 0. The summed E-state index contributed by atoms with van der Waals surface area (Å²) in [5, 5.41) is 8.49. The Morgan fingerprint density at radius 1 is 1.12 bits per heavy atom. The topological polar surface area (TPSA) is 37.3 Å². The highest BCUT2D eigenvalue weighted by Crippen LogP contribution is 2.72. The van der Waals surface area contributed by atoms with Gasteiger partial charge in [0.05, 0.1) is 0 Å². The molecule has 2 nitrogen and oxygen atoms in total. The van der Waals surface area contributed by atoms with E-state index in [4.69, 9.17) is 5.11 Å². The molecular weight excluding hydrogens is 216 g/mol. The van der Waals surface area contributed by atoms with Crippen molar-refractivity contribution in [3.63, 3.8) is 0 Å². The van der Waals surface area contributed by atoms with E-state index in [0.717, 1.165) is 19.3 Å². The highest BCUT2D eigenvalue weighted by Gasteiger charge is 2.66. The summed E-state index contributed by atoms with van der Waals surface area (Å²) in [5.41, 5.74) is 3.62. The predicted octanol–water partition coefficient (Wildman–Crippen LogP) is 2.13. The third kappa shape index (κ3) is 2.01. The van der Waals surface area contributed by atoms with Crippen LogP contribution in [0.25, 0.3) is 0 Å². The van der Waals surface area contributed by atoms with Gasteiger partial charge in [0.25, 0.3) is 0 Å². The van der Waals surface area contributed by atoms with Crippen LogP contribution < -0.4 is 0 Å². The van der Waals surface area contributed by atoms with Gasteiger partial charge in [0.15, 0.2) is 0 Å². The van der Waals surface area contributed by atoms with Gasteiger partial charge in [-0.05, 0) is 19.3 Å². The molecule has 0 atom stereocenters. The average molecular weight is 232 g/mol. The van der Waals surface area contributed by atoms with Crippen LogP contribution in [0.4, 0.5) is 0 Å². The number of carboxylic acids is 1. The Bertz CT molecular complexity index is 442. The molecule has 3 fully saturated rings. The van der Waals surface area contributed by atoms with Gasteiger partial charge in [-0.3, -0.25) is 0 Å². The lowest BCUT2D eigenvalue weighted by Gasteiger charge is -2.65. The number of hydrogen-bond donors (Lipinski definition) is 1. The maximum atomic E-state index is 10.3. The van der Waals surface area contributed by atoms with Crippen molar-refractivity contribution >= 4 is 14.0 Å². The third-order valence-electron chi connectivity index (χ3n) is 3.17. The van der Waals surface area contributed by atoms with Crippen molar-refractivity contribution in [2.24, 2.45) is 10.8 Å². The van der Waals surface area contributed by atoms with Crippen molar-refractivity contribution < 1.29 is 9.90 Å². The summed E-state index contributed by atoms with van der Waals surface area (Å²) >= 11 is 0. The molecule has 3 rings (SSSR count). The molecule has 0 saturated heterocycles. The standard InChI is InChI=1S/C13H16O2Si/c1-16(2,3)7-6-13-8-12(9-13,10-13)5-4-11(14)15/h8-10H2,1-3H3,(H,14,15). The van der Waals surface area contributed by atoms with Crippen molar-refractivity contribution in [1.29, 1.82) is 0 Å². The molecule has 3 aliphatic rings. The first-order chi connectivity index (χ1) is 7.24. The SMILES string of the molecule is C[Si](C)(C)C#CC12CC(C#CC(=O)O)(C1)C2. The van der Waals surface area contributed by atoms with Gasteiger partial charge in [-0.15, -0.1) is 11.5 Å². The molecule has 2 bridgehead atoms. The zero-order chi connectivity index (χ0) is 12.0. The van der Waals surface area contributed by atoms with Crippen LogP contribution >= 0.6 is 0 Å². The maximum Gasteiger partial charge on any atom is 0.381 e. The molecule has 0 amide bonds. The van der Waals surface area contributed by atoms with Crippen molar-refractivity contribution in [1.82, 2.24) is 0 Å². The molecule has 16 heavy (non-hydrogen) atoms. The van der Waals surface area contributed by atoms with Crippen molar-refractivity contribution in [3.8, 4) is 23.3 Å². The molecule has 84 valence electrons. The number of rotatable bonds is 0. The van der Waals surface area contributed by atoms with Gasteiger partial charge in [0, 0.05) is 16.8 Å². The van der Waals surface area contributed by atoms with E-state index in [9.17, 15) is 4.79 Å². The zero-order valence-electron chi connectivity index (χ0n) is 9.98. The van der Waals surface area contributed by atoms with Crippen LogP contribution in [0.15, 0.2) is 0 Å². The van der Waals surface area contributed by atoms with Gasteiger partial charge in [-0.1, -0.05) is 25.6 Å². The maximum absolute atomic E-state index is 10.3. The molecule has 0 heterocycles. The fourth-order valence-electron chi connectivity index (χ4n) is 2.56. The van der Waals surface area contributed by atoms with Crippen molar-refractivity contribution in [2.75, 3.05) is 0 Å². The van der Waals surface area contributed by atoms with Crippen LogP contribution in [-0.4, -0.2) is 19.1 Å². The highest BCUT2D eigenvalue weighted by molar-refractivity contribution is 6.83. The van der Waals surface area contributed by atoms with Crippen molar-refractivity contribution in [2.45, 2.75) is 38.9 Å². The summed E-state index contributed by atoms with van der Waals surface area (Å²) in [6, 6.07) is 0. The second-order valence-electron chi connectivity index (χ2n) is 6.15. The Hall–Kier alpha value is -1.19. The Morgan fingerprint density at radius 3 is 2.06 bits per heavy atom. The van der Waals surface area contributed by atoms with E-state index in [0.29, 0.717) is 0 Å². The lowest BCUT2D eigenvalue weighted by molar-refractivity contribution is -0.131. The lowest BCUT2D eigenvalue weighted by Crippen LogP contribution is -2.60. The quantitative estimate of drug-likeness (QED) is 0.513. The van der Waals surface area contributed by atoms with Gasteiger partial charge in [0.2, 0.25) is 0 Å². The third-order valence-corrected chi connectivity index (χ3v) is 4.04. The van der Waals surface area contributed by atoms with E-state index in [-0.39, 0.29) is 10.8 Å². The Kier molecular flexibility index (Phi) is 2.23. The Labute approximate surface area is 97.4 Å².